The average Bonchev–Trinajstić information content (AvgIpc) is 2.65. The molecule has 5 nitrogen and oxygen atoms in total. The Labute approximate surface area is 81.0 Å². The lowest BCUT2D eigenvalue weighted by Crippen LogP contribution is -1.96. The van der Waals surface area contributed by atoms with Gasteiger partial charge in [0.05, 0.1) is 0 Å². The molecule has 0 aromatic carbocycles. The number of hydrogen-bond donors (Lipinski definition) is 1. The van der Waals surface area contributed by atoms with Gasteiger partial charge in [-0.2, -0.15) is 4.98 Å². The first-order valence-corrected chi connectivity index (χ1v) is 4.25. The Morgan fingerprint density at radius 3 is 2.79 bits per heavy atom. The fourth-order valence-corrected chi connectivity index (χ4v) is 1.07. The number of nitrogens with two attached hydrogens (primary N) is 1. The largest absolute Gasteiger partial charge is 0.332 e. The van der Waals surface area contributed by atoms with Crippen molar-refractivity contribution in [2.75, 3.05) is 0 Å². The predicted octanol–water partition coefficient (Wildman–Crippen LogP) is 0.899. The third-order valence-corrected chi connectivity index (χ3v) is 1.81. The molecule has 0 saturated carbocycles. The maximum absolute atomic E-state index is 5.45. The van der Waals surface area contributed by atoms with Crippen molar-refractivity contribution in [2.24, 2.45) is 5.73 Å². The number of nitrogens with zero attached hydrogens (tertiary/aromatic N) is 3. The minimum absolute atomic E-state index is 0.436. The van der Waals surface area contributed by atoms with Crippen molar-refractivity contribution in [1.82, 2.24) is 15.1 Å². The summed E-state index contributed by atoms with van der Waals surface area (Å²) in [5.74, 6) is 1.04. The van der Waals surface area contributed by atoms with Crippen LogP contribution >= 0.6 is 0 Å². The van der Waals surface area contributed by atoms with Crippen molar-refractivity contribution in [2.45, 2.75) is 13.5 Å². The monoisotopic (exact) mass is 190 g/mol. The molecule has 14 heavy (non-hydrogen) atoms. The molecule has 2 heterocycles. The molecule has 0 aliphatic rings. The highest BCUT2D eigenvalue weighted by atomic mass is 16.5. The molecule has 0 radical (unpaired) electrons. The molecule has 0 atom stereocenters. The molecule has 0 bridgehead atoms. The summed E-state index contributed by atoms with van der Waals surface area (Å²) in [5, 5.41) is 3.68. The Balaban J connectivity index is 2.33. The van der Waals surface area contributed by atoms with Crippen LogP contribution in [0.2, 0.25) is 0 Å². The van der Waals surface area contributed by atoms with E-state index in [1.165, 1.54) is 0 Å². The summed E-state index contributed by atoms with van der Waals surface area (Å²) in [6.07, 6.45) is 1.70. The van der Waals surface area contributed by atoms with Crippen molar-refractivity contribution in [3.63, 3.8) is 0 Å². The Morgan fingerprint density at radius 1 is 1.43 bits per heavy atom. The molecule has 2 aromatic heterocycles. The first kappa shape index (κ1) is 8.83. The van der Waals surface area contributed by atoms with Crippen LogP contribution in [0, 0.1) is 6.92 Å². The van der Waals surface area contributed by atoms with E-state index in [-0.39, 0.29) is 0 Å². The lowest BCUT2D eigenvalue weighted by Gasteiger charge is -1.95. The van der Waals surface area contributed by atoms with Gasteiger partial charge in [-0.1, -0.05) is 11.2 Å². The van der Waals surface area contributed by atoms with Gasteiger partial charge in [0.1, 0.15) is 5.69 Å². The Hall–Kier alpha value is -1.75. The van der Waals surface area contributed by atoms with E-state index >= 15 is 0 Å². The molecule has 0 unspecified atom stereocenters. The number of aryl methyl sites for hydroxylation is 1. The number of rotatable bonds is 2. The van der Waals surface area contributed by atoms with Gasteiger partial charge >= 0.3 is 0 Å². The molecule has 2 aromatic rings. The topological polar surface area (TPSA) is 77.8 Å². The van der Waals surface area contributed by atoms with Crippen molar-refractivity contribution in [1.29, 1.82) is 0 Å². The standard InChI is InChI=1S/C9H10N4O/c1-6-12-9(14-13-6)8-3-2-7(4-10)5-11-8/h2-3,5H,4,10H2,1H3. The number of hydrogen-bond acceptors (Lipinski definition) is 5. The van der Waals surface area contributed by atoms with Gasteiger partial charge in [0.15, 0.2) is 5.82 Å². The summed E-state index contributed by atoms with van der Waals surface area (Å²) < 4.78 is 4.97. The molecule has 0 aliphatic carbocycles. The zero-order chi connectivity index (χ0) is 9.97. The van der Waals surface area contributed by atoms with Gasteiger partial charge in [-0.25, -0.2) is 0 Å². The van der Waals surface area contributed by atoms with E-state index in [0.29, 0.717) is 24.0 Å². The van der Waals surface area contributed by atoms with Gasteiger partial charge in [0, 0.05) is 12.7 Å². The summed E-state index contributed by atoms with van der Waals surface area (Å²) in [5.41, 5.74) is 7.10. The highest BCUT2D eigenvalue weighted by Gasteiger charge is 2.06. The smallest absolute Gasteiger partial charge is 0.276 e. The van der Waals surface area contributed by atoms with Crippen LogP contribution in [-0.4, -0.2) is 15.1 Å². The van der Waals surface area contributed by atoms with E-state index in [1.54, 1.807) is 13.1 Å². The molecule has 2 rings (SSSR count). The van der Waals surface area contributed by atoms with Crippen LogP contribution in [0.5, 0.6) is 0 Å². The van der Waals surface area contributed by atoms with E-state index < -0.39 is 0 Å². The lowest BCUT2D eigenvalue weighted by atomic mass is 10.2. The second kappa shape index (κ2) is 3.55. The van der Waals surface area contributed by atoms with Crippen molar-refractivity contribution >= 4 is 0 Å². The first-order valence-electron chi connectivity index (χ1n) is 4.25. The van der Waals surface area contributed by atoms with Gasteiger partial charge in [0.25, 0.3) is 5.89 Å². The molecule has 0 spiro atoms. The van der Waals surface area contributed by atoms with Crippen LogP contribution < -0.4 is 5.73 Å². The van der Waals surface area contributed by atoms with Gasteiger partial charge in [-0.05, 0) is 18.6 Å². The van der Waals surface area contributed by atoms with E-state index in [1.807, 2.05) is 12.1 Å². The van der Waals surface area contributed by atoms with Gasteiger partial charge in [-0.15, -0.1) is 0 Å². The zero-order valence-corrected chi connectivity index (χ0v) is 7.77. The molecular weight excluding hydrogens is 180 g/mol. The molecule has 0 fully saturated rings. The van der Waals surface area contributed by atoms with Crippen molar-refractivity contribution < 1.29 is 4.52 Å². The fourth-order valence-electron chi connectivity index (χ4n) is 1.07. The van der Waals surface area contributed by atoms with Crippen LogP contribution in [0.4, 0.5) is 0 Å². The van der Waals surface area contributed by atoms with Gasteiger partial charge in [0.2, 0.25) is 0 Å². The van der Waals surface area contributed by atoms with E-state index in [0.717, 1.165) is 5.56 Å². The number of pyridine rings is 1. The quantitative estimate of drug-likeness (QED) is 0.761. The van der Waals surface area contributed by atoms with Gasteiger partial charge < -0.3 is 10.3 Å². The average molecular weight is 190 g/mol. The summed E-state index contributed by atoms with van der Waals surface area (Å²) in [6.45, 7) is 2.25. The molecular formula is C9H10N4O. The van der Waals surface area contributed by atoms with E-state index in [4.69, 9.17) is 10.3 Å². The lowest BCUT2D eigenvalue weighted by molar-refractivity contribution is 0.424. The van der Waals surface area contributed by atoms with Crippen LogP contribution in [-0.2, 0) is 6.54 Å². The molecule has 0 amide bonds. The maximum atomic E-state index is 5.45. The fraction of sp³-hybridized carbons (Fsp3) is 0.222. The molecule has 5 heteroatoms. The van der Waals surface area contributed by atoms with Crippen LogP contribution in [0.25, 0.3) is 11.6 Å². The summed E-state index contributed by atoms with van der Waals surface area (Å²) in [4.78, 5) is 8.22. The van der Waals surface area contributed by atoms with Gasteiger partial charge in [-0.3, -0.25) is 4.98 Å². The Kier molecular flexibility index (Phi) is 2.24. The Morgan fingerprint density at radius 2 is 2.29 bits per heavy atom. The molecule has 0 aliphatic heterocycles. The third-order valence-electron chi connectivity index (χ3n) is 1.81. The number of aromatic nitrogens is 3. The van der Waals surface area contributed by atoms with Crippen molar-refractivity contribution in [3.8, 4) is 11.6 Å². The predicted molar refractivity (Wildman–Crippen MR) is 50.2 cm³/mol. The van der Waals surface area contributed by atoms with Crippen molar-refractivity contribution in [3.05, 3.63) is 29.7 Å². The van der Waals surface area contributed by atoms with Crippen LogP contribution in [0.1, 0.15) is 11.4 Å². The van der Waals surface area contributed by atoms with Crippen LogP contribution in [0.15, 0.2) is 22.9 Å². The summed E-state index contributed by atoms with van der Waals surface area (Å²) in [7, 11) is 0. The van der Waals surface area contributed by atoms with Crippen LogP contribution in [0.3, 0.4) is 0 Å². The second-order valence-corrected chi connectivity index (χ2v) is 2.90. The zero-order valence-electron chi connectivity index (χ0n) is 7.77. The van der Waals surface area contributed by atoms with E-state index in [2.05, 4.69) is 15.1 Å². The second-order valence-electron chi connectivity index (χ2n) is 2.90. The summed E-state index contributed by atoms with van der Waals surface area (Å²) >= 11 is 0. The first-order chi connectivity index (χ1) is 6.79. The minimum Gasteiger partial charge on any atom is -0.332 e. The highest BCUT2D eigenvalue weighted by Crippen LogP contribution is 2.13. The molecule has 0 saturated heterocycles. The normalized spacial score (nSPS) is 10.4. The maximum Gasteiger partial charge on any atom is 0.276 e. The molecule has 2 N–H and O–H groups in total. The summed E-state index contributed by atoms with van der Waals surface area (Å²) in [6, 6.07) is 3.71. The SMILES string of the molecule is Cc1noc(-c2ccc(CN)cn2)n1. The highest BCUT2D eigenvalue weighted by molar-refractivity contribution is 5.46. The minimum atomic E-state index is 0.436. The third kappa shape index (κ3) is 1.62. The van der Waals surface area contributed by atoms with E-state index in [9.17, 15) is 0 Å². The Bertz CT molecular complexity index is 421. The molecule has 72 valence electrons.